The summed E-state index contributed by atoms with van der Waals surface area (Å²) in [5.74, 6) is -0.0805. The Balaban J connectivity index is 2.06. The van der Waals surface area contributed by atoms with Crippen LogP contribution in [-0.4, -0.2) is 14.8 Å². The van der Waals surface area contributed by atoms with Gasteiger partial charge in [-0.15, -0.1) is 13.2 Å². The van der Waals surface area contributed by atoms with Crippen LogP contribution in [-0.2, 0) is 16.6 Å². The minimum absolute atomic E-state index is 0.0594. The lowest BCUT2D eigenvalue weighted by Gasteiger charge is -2.09. The molecular weight excluding hydrogens is 311 g/mol. The van der Waals surface area contributed by atoms with E-state index in [0.717, 1.165) is 24.3 Å². The summed E-state index contributed by atoms with van der Waals surface area (Å²) < 4.78 is 70.7. The van der Waals surface area contributed by atoms with Crippen molar-refractivity contribution < 1.29 is 30.7 Å². The number of rotatable bonds is 5. The van der Waals surface area contributed by atoms with Gasteiger partial charge < -0.3 is 9.15 Å². The Morgan fingerprint density at radius 1 is 1.14 bits per heavy atom. The molecule has 0 saturated carbocycles. The van der Waals surface area contributed by atoms with E-state index in [9.17, 15) is 21.6 Å². The molecule has 0 aliphatic rings. The molecule has 0 fully saturated rings. The SMILES string of the molecule is O=S(=O)(NCc1ccco1)c1ccc(OC(F)(F)F)cc1. The summed E-state index contributed by atoms with van der Waals surface area (Å²) in [4.78, 5) is -0.177. The van der Waals surface area contributed by atoms with Gasteiger partial charge in [-0.1, -0.05) is 0 Å². The zero-order chi connectivity index (χ0) is 15.5. The number of benzene rings is 1. The average Bonchev–Trinajstić information content (AvgIpc) is 2.88. The van der Waals surface area contributed by atoms with E-state index in [1.54, 1.807) is 12.1 Å². The molecule has 1 heterocycles. The third-order valence-corrected chi connectivity index (χ3v) is 3.80. The first-order valence-electron chi connectivity index (χ1n) is 5.64. The number of nitrogens with one attached hydrogen (secondary N) is 1. The molecule has 0 unspecified atom stereocenters. The quantitative estimate of drug-likeness (QED) is 0.919. The van der Waals surface area contributed by atoms with Gasteiger partial charge in [0, 0.05) is 0 Å². The van der Waals surface area contributed by atoms with Crippen molar-refractivity contribution in [2.75, 3.05) is 0 Å². The summed E-state index contributed by atoms with van der Waals surface area (Å²) in [6.07, 6.45) is -3.43. The van der Waals surface area contributed by atoms with Gasteiger partial charge in [0.25, 0.3) is 0 Å². The van der Waals surface area contributed by atoms with Gasteiger partial charge in [0.05, 0.1) is 17.7 Å². The number of halogens is 3. The summed E-state index contributed by atoms with van der Waals surface area (Å²) in [6.45, 7) is -0.0594. The smallest absolute Gasteiger partial charge is 0.468 e. The molecule has 0 aliphatic carbocycles. The Kier molecular flexibility index (Phi) is 4.24. The van der Waals surface area contributed by atoms with Crippen molar-refractivity contribution in [2.45, 2.75) is 17.8 Å². The average molecular weight is 321 g/mol. The summed E-state index contributed by atoms with van der Waals surface area (Å²) in [6, 6.07) is 7.08. The van der Waals surface area contributed by atoms with E-state index in [4.69, 9.17) is 4.42 Å². The van der Waals surface area contributed by atoms with Crippen LogP contribution in [0.5, 0.6) is 5.75 Å². The second-order valence-electron chi connectivity index (χ2n) is 3.92. The van der Waals surface area contributed by atoms with Crippen LogP contribution in [0.4, 0.5) is 13.2 Å². The van der Waals surface area contributed by atoms with Crippen molar-refractivity contribution in [2.24, 2.45) is 0 Å². The van der Waals surface area contributed by atoms with Crippen LogP contribution in [0, 0.1) is 0 Å². The minimum Gasteiger partial charge on any atom is -0.468 e. The fraction of sp³-hybridized carbons (Fsp3) is 0.167. The standard InChI is InChI=1S/C12H10F3NO4S/c13-12(14,15)20-9-3-5-11(6-4-9)21(17,18)16-8-10-2-1-7-19-10/h1-7,16H,8H2. The number of furan rings is 1. The van der Waals surface area contributed by atoms with Crippen molar-refractivity contribution in [3.8, 4) is 5.75 Å². The van der Waals surface area contributed by atoms with Gasteiger partial charge in [0.1, 0.15) is 11.5 Å². The first-order valence-corrected chi connectivity index (χ1v) is 7.12. The van der Waals surface area contributed by atoms with E-state index in [1.165, 1.54) is 6.26 Å². The van der Waals surface area contributed by atoms with E-state index in [-0.39, 0.29) is 11.4 Å². The molecule has 1 N–H and O–H groups in total. The predicted octanol–water partition coefficient (Wildman–Crippen LogP) is 2.66. The van der Waals surface area contributed by atoms with Crippen molar-refractivity contribution >= 4 is 10.0 Å². The van der Waals surface area contributed by atoms with Gasteiger partial charge in [-0.25, -0.2) is 13.1 Å². The largest absolute Gasteiger partial charge is 0.573 e. The second-order valence-corrected chi connectivity index (χ2v) is 5.69. The topological polar surface area (TPSA) is 68.5 Å². The van der Waals surface area contributed by atoms with Crippen molar-refractivity contribution in [1.29, 1.82) is 0 Å². The van der Waals surface area contributed by atoms with Crippen LogP contribution >= 0.6 is 0 Å². The lowest BCUT2D eigenvalue weighted by molar-refractivity contribution is -0.274. The van der Waals surface area contributed by atoms with E-state index >= 15 is 0 Å². The summed E-state index contributed by atoms with van der Waals surface area (Å²) >= 11 is 0. The van der Waals surface area contributed by atoms with E-state index in [0.29, 0.717) is 5.76 Å². The molecule has 0 amide bonds. The maximum absolute atomic E-state index is 12.0. The first-order chi connectivity index (χ1) is 9.76. The van der Waals surface area contributed by atoms with Crippen LogP contribution in [0.1, 0.15) is 5.76 Å². The van der Waals surface area contributed by atoms with E-state index in [1.807, 2.05) is 0 Å². The maximum atomic E-state index is 12.0. The van der Waals surface area contributed by atoms with Crippen molar-refractivity contribution in [3.63, 3.8) is 0 Å². The number of hydrogen-bond acceptors (Lipinski definition) is 4. The molecule has 114 valence electrons. The molecule has 1 aromatic heterocycles. The van der Waals surface area contributed by atoms with Crippen molar-refractivity contribution in [3.05, 3.63) is 48.4 Å². The third-order valence-electron chi connectivity index (χ3n) is 2.38. The number of hydrogen-bond donors (Lipinski definition) is 1. The fourth-order valence-electron chi connectivity index (χ4n) is 1.48. The Bertz CT molecular complexity index is 678. The van der Waals surface area contributed by atoms with Gasteiger partial charge in [-0.2, -0.15) is 0 Å². The van der Waals surface area contributed by atoms with Crippen molar-refractivity contribution in [1.82, 2.24) is 4.72 Å². The molecule has 9 heteroatoms. The fourth-order valence-corrected chi connectivity index (χ4v) is 2.48. The molecule has 0 atom stereocenters. The van der Waals surface area contributed by atoms with Gasteiger partial charge in [0.15, 0.2) is 0 Å². The van der Waals surface area contributed by atoms with Gasteiger partial charge >= 0.3 is 6.36 Å². The molecule has 0 radical (unpaired) electrons. The van der Waals surface area contributed by atoms with Gasteiger partial charge in [-0.3, -0.25) is 0 Å². The molecule has 0 saturated heterocycles. The lowest BCUT2D eigenvalue weighted by Crippen LogP contribution is -2.23. The maximum Gasteiger partial charge on any atom is 0.573 e. The molecule has 2 rings (SSSR count). The van der Waals surface area contributed by atoms with Crippen LogP contribution in [0.2, 0.25) is 0 Å². The van der Waals surface area contributed by atoms with Gasteiger partial charge in [0.2, 0.25) is 10.0 Å². The van der Waals surface area contributed by atoms with E-state index < -0.39 is 22.1 Å². The lowest BCUT2D eigenvalue weighted by atomic mass is 10.3. The van der Waals surface area contributed by atoms with E-state index in [2.05, 4.69) is 9.46 Å². The highest BCUT2D eigenvalue weighted by molar-refractivity contribution is 7.89. The summed E-state index contributed by atoms with van der Waals surface area (Å²) in [5, 5.41) is 0. The highest BCUT2D eigenvalue weighted by Gasteiger charge is 2.31. The third kappa shape index (κ3) is 4.50. The van der Waals surface area contributed by atoms with Crippen LogP contribution < -0.4 is 9.46 Å². The summed E-state index contributed by atoms with van der Waals surface area (Å²) in [7, 11) is -3.84. The van der Waals surface area contributed by atoms with Crippen LogP contribution in [0.25, 0.3) is 0 Å². The Hall–Kier alpha value is -2.00. The molecule has 21 heavy (non-hydrogen) atoms. The Labute approximate surface area is 118 Å². The zero-order valence-corrected chi connectivity index (χ0v) is 11.2. The number of ether oxygens (including phenoxy) is 1. The Morgan fingerprint density at radius 2 is 1.81 bits per heavy atom. The molecular formula is C12H10F3NO4S. The Morgan fingerprint density at radius 3 is 2.33 bits per heavy atom. The van der Waals surface area contributed by atoms with Gasteiger partial charge in [-0.05, 0) is 36.4 Å². The minimum atomic E-state index is -4.82. The molecule has 0 bridgehead atoms. The second kappa shape index (κ2) is 5.78. The molecule has 1 aromatic carbocycles. The highest BCUT2D eigenvalue weighted by Crippen LogP contribution is 2.23. The zero-order valence-electron chi connectivity index (χ0n) is 10.4. The first kappa shape index (κ1) is 15.4. The normalized spacial score (nSPS) is 12.3. The highest BCUT2D eigenvalue weighted by atomic mass is 32.2. The molecule has 0 spiro atoms. The molecule has 0 aliphatic heterocycles. The molecule has 5 nitrogen and oxygen atoms in total. The van der Waals surface area contributed by atoms with Crippen LogP contribution in [0.15, 0.2) is 52.0 Å². The monoisotopic (exact) mass is 321 g/mol. The number of alkyl halides is 3. The molecule has 2 aromatic rings. The van der Waals surface area contributed by atoms with Crippen LogP contribution in [0.3, 0.4) is 0 Å². The number of sulfonamides is 1. The predicted molar refractivity (Wildman–Crippen MR) is 65.9 cm³/mol. The summed E-state index contributed by atoms with van der Waals surface area (Å²) in [5.41, 5.74) is 0.